The van der Waals surface area contributed by atoms with Gasteiger partial charge in [0.15, 0.2) is 0 Å². The number of rotatable bonds is 4. The zero-order valence-corrected chi connectivity index (χ0v) is 11.2. The highest BCUT2D eigenvalue weighted by Gasteiger charge is 1.94. The van der Waals surface area contributed by atoms with E-state index in [1.165, 1.54) is 14.7 Å². The van der Waals surface area contributed by atoms with E-state index < -0.39 is 0 Å². The van der Waals surface area contributed by atoms with Crippen LogP contribution < -0.4 is 5.32 Å². The van der Waals surface area contributed by atoms with Crippen LogP contribution in [0.25, 0.3) is 0 Å². The summed E-state index contributed by atoms with van der Waals surface area (Å²) in [5.74, 6) is 0. The van der Waals surface area contributed by atoms with Gasteiger partial charge in [-0.2, -0.15) is 11.3 Å². The number of hydrogen-bond acceptors (Lipinski definition) is 2. The summed E-state index contributed by atoms with van der Waals surface area (Å²) in [5.41, 5.74) is 2.70. The van der Waals surface area contributed by atoms with Crippen molar-refractivity contribution in [3.63, 3.8) is 0 Å². The van der Waals surface area contributed by atoms with Crippen LogP contribution in [-0.2, 0) is 13.1 Å². The normalized spacial score (nSPS) is 10.5. The second-order valence-corrected chi connectivity index (χ2v) is 5.39. The molecule has 1 aromatic carbocycles. The summed E-state index contributed by atoms with van der Waals surface area (Å²) in [6.45, 7) is 1.89. The highest BCUT2D eigenvalue weighted by atomic mass is 127. The van der Waals surface area contributed by atoms with Crippen molar-refractivity contribution >= 4 is 33.9 Å². The fraction of sp³-hybridized carbons (Fsp3) is 0.167. The molecule has 1 aromatic heterocycles. The van der Waals surface area contributed by atoms with Gasteiger partial charge in [0, 0.05) is 16.7 Å². The topological polar surface area (TPSA) is 12.0 Å². The van der Waals surface area contributed by atoms with Crippen LogP contribution in [-0.4, -0.2) is 0 Å². The number of hydrogen-bond donors (Lipinski definition) is 1. The molecule has 1 N–H and O–H groups in total. The van der Waals surface area contributed by atoms with E-state index in [9.17, 15) is 0 Å². The molecule has 0 saturated heterocycles. The van der Waals surface area contributed by atoms with Gasteiger partial charge < -0.3 is 5.32 Å². The molecule has 0 bridgehead atoms. The molecular formula is C12H12INS. The number of halogens is 1. The minimum Gasteiger partial charge on any atom is -0.309 e. The highest BCUT2D eigenvalue weighted by molar-refractivity contribution is 14.1. The Bertz CT molecular complexity index is 394. The number of nitrogens with one attached hydrogen (secondary N) is 1. The maximum atomic E-state index is 3.43. The molecule has 0 spiro atoms. The first-order valence-corrected chi connectivity index (χ1v) is 6.83. The minimum atomic E-state index is 0.937. The molecule has 1 heterocycles. The van der Waals surface area contributed by atoms with Crippen molar-refractivity contribution < 1.29 is 0 Å². The van der Waals surface area contributed by atoms with Crippen molar-refractivity contribution in [2.75, 3.05) is 0 Å². The van der Waals surface area contributed by atoms with Crippen LogP contribution in [0, 0.1) is 3.57 Å². The Balaban J connectivity index is 1.81. The summed E-state index contributed by atoms with van der Waals surface area (Å²) >= 11 is 4.07. The monoisotopic (exact) mass is 329 g/mol. The lowest BCUT2D eigenvalue weighted by Crippen LogP contribution is -2.11. The predicted octanol–water partition coefficient (Wildman–Crippen LogP) is 3.64. The molecule has 0 radical (unpaired) electrons. The third-order valence-electron chi connectivity index (χ3n) is 2.15. The van der Waals surface area contributed by atoms with E-state index >= 15 is 0 Å². The molecule has 3 heteroatoms. The van der Waals surface area contributed by atoms with Crippen molar-refractivity contribution in [3.8, 4) is 0 Å². The van der Waals surface area contributed by atoms with Crippen LogP contribution >= 0.6 is 33.9 Å². The molecular weight excluding hydrogens is 317 g/mol. The van der Waals surface area contributed by atoms with Gasteiger partial charge in [0.2, 0.25) is 0 Å². The van der Waals surface area contributed by atoms with Crippen molar-refractivity contribution in [2.24, 2.45) is 0 Å². The standard InChI is InChI=1S/C12H12INS/c13-12-3-1-10(2-4-12)7-14-8-11-5-6-15-9-11/h1-6,9,14H,7-8H2. The van der Waals surface area contributed by atoms with Gasteiger partial charge in [0.1, 0.15) is 0 Å². The molecule has 0 aliphatic heterocycles. The van der Waals surface area contributed by atoms with E-state index in [1.807, 2.05) is 0 Å². The molecule has 0 aliphatic rings. The van der Waals surface area contributed by atoms with Gasteiger partial charge in [-0.15, -0.1) is 0 Å². The molecule has 78 valence electrons. The van der Waals surface area contributed by atoms with Gasteiger partial charge in [-0.1, -0.05) is 12.1 Å². The predicted molar refractivity (Wildman–Crippen MR) is 74.0 cm³/mol. The van der Waals surface area contributed by atoms with Crippen molar-refractivity contribution in [1.82, 2.24) is 5.32 Å². The lowest BCUT2D eigenvalue weighted by atomic mass is 10.2. The Morgan fingerprint density at radius 2 is 1.73 bits per heavy atom. The Labute approximate surface area is 108 Å². The van der Waals surface area contributed by atoms with Gasteiger partial charge in [-0.05, 0) is 62.7 Å². The lowest BCUT2D eigenvalue weighted by Gasteiger charge is -2.03. The maximum Gasteiger partial charge on any atom is 0.0216 e. The summed E-state index contributed by atoms with van der Waals surface area (Å²) in [7, 11) is 0. The SMILES string of the molecule is Ic1ccc(CNCc2ccsc2)cc1. The Morgan fingerprint density at radius 1 is 1.00 bits per heavy atom. The molecule has 0 unspecified atom stereocenters. The van der Waals surface area contributed by atoms with Crippen molar-refractivity contribution in [3.05, 3.63) is 55.8 Å². The average molecular weight is 329 g/mol. The first-order valence-electron chi connectivity index (χ1n) is 4.81. The molecule has 15 heavy (non-hydrogen) atoms. The smallest absolute Gasteiger partial charge is 0.0216 e. The molecule has 0 atom stereocenters. The zero-order valence-electron chi connectivity index (χ0n) is 8.24. The van der Waals surface area contributed by atoms with E-state index in [0.29, 0.717) is 0 Å². The molecule has 0 saturated carbocycles. The van der Waals surface area contributed by atoms with Gasteiger partial charge in [-0.25, -0.2) is 0 Å². The minimum absolute atomic E-state index is 0.937. The van der Waals surface area contributed by atoms with Crippen LogP contribution in [0.3, 0.4) is 0 Å². The molecule has 0 fully saturated rings. The van der Waals surface area contributed by atoms with Gasteiger partial charge in [0.25, 0.3) is 0 Å². The Hall–Kier alpha value is -0.390. The summed E-state index contributed by atoms with van der Waals surface area (Å²) < 4.78 is 1.29. The zero-order chi connectivity index (χ0) is 10.5. The van der Waals surface area contributed by atoms with E-state index in [2.05, 4.69) is 69.0 Å². The van der Waals surface area contributed by atoms with Crippen LogP contribution in [0.2, 0.25) is 0 Å². The Morgan fingerprint density at radius 3 is 2.40 bits per heavy atom. The molecule has 0 aliphatic carbocycles. The summed E-state index contributed by atoms with van der Waals surface area (Å²) in [5, 5.41) is 7.72. The van der Waals surface area contributed by atoms with Crippen LogP contribution in [0.5, 0.6) is 0 Å². The molecule has 2 aromatic rings. The largest absolute Gasteiger partial charge is 0.309 e. The van der Waals surface area contributed by atoms with Crippen molar-refractivity contribution in [2.45, 2.75) is 13.1 Å². The Kier molecular flexibility index (Phi) is 4.17. The lowest BCUT2D eigenvalue weighted by molar-refractivity contribution is 0.695. The van der Waals surface area contributed by atoms with E-state index in [4.69, 9.17) is 0 Å². The third-order valence-corrected chi connectivity index (χ3v) is 3.60. The second kappa shape index (κ2) is 5.63. The molecule has 1 nitrogen and oxygen atoms in total. The summed E-state index contributed by atoms with van der Waals surface area (Å²) in [6, 6.07) is 10.8. The van der Waals surface area contributed by atoms with Crippen LogP contribution in [0.1, 0.15) is 11.1 Å². The van der Waals surface area contributed by atoms with Crippen molar-refractivity contribution in [1.29, 1.82) is 0 Å². The first kappa shape index (κ1) is 11.1. The van der Waals surface area contributed by atoms with Crippen LogP contribution in [0.4, 0.5) is 0 Å². The van der Waals surface area contributed by atoms with E-state index in [-0.39, 0.29) is 0 Å². The molecule has 2 rings (SSSR count). The summed E-state index contributed by atoms with van der Waals surface area (Å²) in [4.78, 5) is 0. The highest BCUT2D eigenvalue weighted by Crippen LogP contribution is 2.08. The maximum absolute atomic E-state index is 3.43. The third kappa shape index (κ3) is 3.59. The molecule has 0 amide bonds. The van der Waals surface area contributed by atoms with E-state index in [0.717, 1.165) is 13.1 Å². The quantitative estimate of drug-likeness (QED) is 0.845. The fourth-order valence-electron chi connectivity index (χ4n) is 1.35. The average Bonchev–Trinajstić information content (AvgIpc) is 2.74. The van der Waals surface area contributed by atoms with E-state index in [1.54, 1.807) is 11.3 Å². The summed E-state index contributed by atoms with van der Waals surface area (Å²) in [6.07, 6.45) is 0. The number of benzene rings is 1. The first-order chi connectivity index (χ1) is 7.34. The second-order valence-electron chi connectivity index (χ2n) is 3.36. The van der Waals surface area contributed by atoms with Gasteiger partial charge in [-0.3, -0.25) is 0 Å². The van der Waals surface area contributed by atoms with Crippen LogP contribution in [0.15, 0.2) is 41.1 Å². The number of thiophene rings is 1. The van der Waals surface area contributed by atoms with Gasteiger partial charge in [0.05, 0.1) is 0 Å². The van der Waals surface area contributed by atoms with Gasteiger partial charge >= 0.3 is 0 Å². The fourth-order valence-corrected chi connectivity index (χ4v) is 2.37.